The number of H-pyrrole nitrogens is 1. The SMILES string of the molecule is C[C@@H](O)[C@H](NC(=O)[C@H](CCCCN)NC(=O)[C@@H](Cc1c[nH]c2ccccc12)NC(=O)[C@H](Cc1ccccc1)NC(=O)[C@@H](N)CS)C(=O)N[C@@H](Cc1ccccc1)C(=O)O. The number of amides is 5. The van der Waals surface area contributed by atoms with E-state index in [0.717, 1.165) is 16.5 Å². The predicted octanol–water partition coefficient (Wildman–Crippen LogP) is 0.471. The highest BCUT2D eigenvalue weighted by molar-refractivity contribution is 7.80. The van der Waals surface area contributed by atoms with Crippen molar-refractivity contribution in [2.24, 2.45) is 11.5 Å². The topological polar surface area (TPSA) is 271 Å². The Labute approximate surface area is 348 Å². The van der Waals surface area contributed by atoms with Crippen LogP contribution in [0.4, 0.5) is 0 Å². The summed E-state index contributed by atoms with van der Waals surface area (Å²) in [4.78, 5) is 84.0. The molecule has 316 valence electrons. The Balaban J connectivity index is 1.60. The molecule has 0 aliphatic rings. The van der Waals surface area contributed by atoms with Gasteiger partial charge in [-0.05, 0) is 55.5 Å². The number of hydrogen-bond donors (Lipinski definition) is 11. The molecule has 0 spiro atoms. The number of carboxylic acids is 1. The molecular formula is C42H54N8O8S. The molecule has 3 aromatic carbocycles. The summed E-state index contributed by atoms with van der Waals surface area (Å²) < 4.78 is 0. The van der Waals surface area contributed by atoms with Crippen LogP contribution in [0.3, 0.4) is 0 Å². The summed E-state index contributed by atoms with van der Waals surface area (Å²) in [6, 6.07) is 17.3. The second-order valence-corrected chi connectivity index (χ2v) is 14.7. The molecule has 17 heteroatoms. The smallest absolute Gasteiger partial charge is 0.326 e. The third-order valence-electron chi connectivity index (χ3n) is 9.72. The zero-order valence-electron chi connectivity index (χ0n) is 32.8. The molecule has 0 aliphatic heterocycles. The first kappa shape index (κ1) is 45.9. The number of aromatic nitrogens is 1. The van der Waals surface area contributed by atoms with Crippen LogP contribution in [-0.2, 0) is 48.0 Å². The molecule has 0 fully saturated rings. The Morgan fingerprint density at radius 1 is 0.661 bits per heavy atom. The first-order valence-corrected chi connectivity index (χ1v) is 20.1. The van der Waals surface area contributed by atoms with Crippen molar-refractivity contribution in [3.8, 4) is 0 Å². The fourth-order valence-corrected chi connectivity index (χ4v) is 6.59. The lowest BCUT2D eigenvalue weighted by molar-refractivity contribution is -0.143. The van der Waals surface area contributed by atoms with Crippen LogP contribution in [-0.4, -0.2) is 105 Å². The van der Waals surface area contributed by atoms with Gasteiger partial charge < -0.3 is 53.2 Å². The molecule has 7 atom stereocenters. The number of aliphatic carboxylic acids is 1. The lowest BCUT2D eigenvalue weighted by atomic mass is 10.0. The number of aliphatic hydroxyl groups is 1. The second kappa shape index (κ2) is 23.0. The molecule has 0 radical (unpaired) electrons. The average Bonchev–Trinajstić information content (AvgIpc) is 3.64. The first-order chi connectivity index (χ1) is 28.3. The van der Waals surface area contributed by atoms with Crippen LogP contribution < -0.4 is 38.1 Å². The molecule has 0 saturated carbocycles. The van der Waals surface area contributed by atoms with Crippen LogP contribution >= 0.6 is 12.6 Å². The number of nitrogens with two attached hydrogens (primary N) is 2. The molecule has 0 unspecified atom stereocenters. The maximum absolute atomic E-state index is 14.3. The van der Waals surface area contributed by atoms with E-state index in [4.69, 9.17) is 11.5 Å². The van der Waals surface area contributed by atoms with Gasteiger partial charge in [-0.25, -0.2) is 4.79 Å². The van der Waals surface area contributed by atoms with Crippen molar-refractivity contribution in [3.63, 3.8) is 0 Å². The zero-order chi connectivity index (χ0) is 42.9. The van der Waals surface area contributed by atoms with Gasteiger partial charge in [-0.2, -0.15) is 12.6 Å². The van der Waals surface area contributed by atoms with E-state index in [1.807, 2.05) is 30.3 Å². The van der Waals surface area contributed by atoms with Gasteiger partial charge in [0.05, 0.1) is 12.1 Å². The quantitative estimate of drug-likeness (QED) is 0.0364. The molecule has 59 heavy (non-hydrogen) atoms. The van der Waals surface area contributed by atoms with Crippen LogP contribution in [0.25, 0.3) is 10.9 Å². The van der Waals surface area contributed by atoms with Gasteiger partial charge in [0.25, 0.3) is 0 Å². The summed E-state index contributed by atoms with van der Waals surface area (Å²) in [6.45, 7) is 1.56. The number of fused-ring (bicyclic) bond motifs is 1. The van der Waals surface area contributed by atoms with Crippen molar-refractivity contribution >= 4 is 59.0 Å². The molecule has 4 rings (SSSR count). The Morgan fingerprint density at radius 3 is 1.75 bits per heavy atom. The molecule has 1 heterocycles. The Morgan fingerprint density at radius 2 is 1.17 bits per heavy atom. The minimum Gasteiger partial charge on any atom is -0.480 e. The van der Waals surface area contributed by atoms with Gasteiger partial charge in [-0.3, -0.25) is 24.0 Å². The monoisotopic (exact) mass is 830 g/mol. The number of benzene rings is 3. The van der Waals surface area contributed by atoms with E-state index < -0.39 is 77.9 Å². The molecular weight excluding hydrogens is 777 g/mol. The molecule has 0 aliphatic carbocycles. The summed E-state index contributed by atoms with van der Waals surface area (Å²) in [7, 11) is 0. The number of unbranched alkanes of at least 4 members (excludes halogenated alkanes) is 1. The third kappa shape index (κ3) is 14.0. The highest BCUT2D eigenvalue weighted by atomic mass is 32.1. The average molecular weight is 831 g/mol. The van der Waals surface area contributed by atoms with Gasteiger partial charge in [0.2, 0.25) is 29.5 Å². The number of rotatable bonds is 23. The lowest BCUT2D eigenvalue weighted by Gasteiger charge is -2.28. The molecule has 4 aromatic rings. The second-order valence-electron chi connectivity index (χ2n) is 14.3. The third-order valence-corrected chi connectivity index (χ3v) is 10.1. The summed E-state index contributed by atoms with van der Waals surface area (Å²) in [5, 5.41) is 34.4. The molecule has 1 aromatic heterocycles. The highest BCUT2D eigenvalue weighted by Gasteiger charge is 2.34. The number of hydrogen-bond acceptors (Lipinski definition) is 10. The standard InChI is InChI=1S/C42H54N8O8S/c1-25(51)36(41(56)49-35(42(57)58)21-27-14-6-3-7-15-27)50-38(53)32(18-10-11-19-43)46-40(55)34(22-28-23-45-31-17-9-8-16-29(28)31)48-39(54)33(47-37(52)30(44)24-59)20-26-12-4-2-5-13-26/h2-9,12-17,23,25,30,32-36,45,51,59H,10-11,18-22,24,43-44H2,1H3,(H,46,55)(H,47,52)(H,48,54)(H,49,56)(H,50,53)(H,57,58)/t25-,30+,32+,33+,34-,35+,36+/m1/s1. The van der Waals surface area contributed by atoms with Gasteiger partial charge in [0.15, 0.2) is 0 Å². The van der Waals surface area contributed by atoms with Crippen molar-refractivity contribution < 1.29 is 39.0 Å². The van der Waals surface area contributed by atoms with E-state index in [2.05, 4.69) is 44.2 Å². The van der Waals surface area contributed by atoms with Gasteiger partial charge >= 0.3 is 5.97 Å². The lowest BCUT2D eigenvalue weighted by Crippen LogP contribution is -2.61. The number of para-hydroxylation sites is 1. The van der Waals surface area contributed by atoms with E-state index in [1.54, 1.807) is 60.8 Å². The van der Waals surface area contributed by atoms with E-state index in [0.29, 0.717) is 30.5 Å². The van der Waals surface area contributed by atoms with E-state index in [9.17, 15) is 39.0 Å². The van der Waals surface area contributed by atoms with E-state index in [1.165, 1.54) is 6.92 Å². The fraction of sp³-hybridized carbons (Fsp3) is 0.381. The summed E-state index contributed by atoms with van der Waals surface area (Å²) in [5.74, 6) is -5.13. The van der Waals surface area contributed by atoms with Crippen LogP contribution in [0.15, 0.2) is 91.1 Å². The van der Waals surface area contributed by atoms with Crippen molar-refractivity contribution in [2.75, 3.05) is 12.3 Å². The number of carbonyl (C=O) groups excluding carboxylic acids is 5. The Hall–Kier alpha value is -5.75. The van der Waals surface area contributed by atoms with Crippen molar-refractivity contribution in [2.45, 2.75) is 87.8 Å². The number of carbonyl (C=O) groups is 6. The van der Waals surface area contributed by atoms with Crippen LogP contribution in [0.2, 0.25) is 0 Å². The Bertz CT molecular complexity index is 2020. The molecule has 16 nitrogen and oxygen atoms in total. The number of aromatic amines is 1. The minimum atomic E-state index is -1.60. The number of thiol groups is 1. The van der Waals surface area contributed by atoms with Crippen molar-refractivity contribution in [1.82, 2.24) is 31.6 Å². The number of nitrogens with one attached hydrogen (secondary N) is 6. The molecule has 12 N–H and O–H groups in total. The van der Waals surface area contributed by atoms with E-state index >= 15 is 0 Å². The van der Waals surface area contributed by atoms with Gasteiger partial charge in [0, 0.05) is 42.1 Å². The van der Waals surface area contributed by atoms with Crippen LogP contribution in [0, 0.1) is 0 Å². The summed E-state index contributed by atoms with van der Waals surface area (Å²) in [5.41, 5.74) is 14.5. The normalized spacial score (nSPS) is 14.7. The van der Waals surface area contributed by atoms with Crippen molar-refractivity contribution in [1.29, 1.82) is 0 Å². The van der Waals surface area contributed by atoms with Gasteiger partial charge in [-0.1, -0.05) is 78.9 Å². The van der Waals surface area contributed by atoms with Crippen LogP contribution in [0.1, 0.15) is 42.9 Å². The van der Waals surface area contributed by atoms with Gasteiger partial charge in [-0.15, -0.1) is 0 Å². The maximum atomic E-state index is 14.3. The molecule has 5 amide bonds. The van der Waals surface area contributed by atoms with E-state index in [-0.39, 0.29) is 31.4 Å². The highest BCUT2D eigenvalue weighted by Crippen LogP contribution is 2.20. The molecule has 0 bridgehead atoms. The Kier molecular flexibility index (Phi) is 17.9. The number of carboxylic acid groups (broad SMARTS) is 1. The largest absolute Gasteiger partial charge is 0.480 e. The van der Waals surface area contributed by atoms with Crippen LogP contribution in [0.5, 0.6) is 0 Å². The van der Waals surface area contributed by atoms with Crippen molar-refractivity contribution in [3.05, 3.63) is 108 Å². The molecule has 0 saturated heterocycles. The first-order valence-electron chi connectivity index (χ1n) is 19.4. The summed E-state index contributed by atoms with van der Waals surface area (Å²) >= 11 is 4.11. The zero-order valence-corrected chi connectivity index (χ0v) is 33.7. The minimum absolute atomic E-state index is 0.0239. The predicted molar refractivity (Wildman–Crippen MR) is 226 cm³/mol. The maximum Gasteiger partial charge on any atom is 0.326 e. The summed E-state index contributed by atoms with van der Waals surface area (Å²) in [6.07, 6.45) is 1.17. The number of aliphatic hydroxyl groups excluding tert-OH is 1. The van der Waals surface area contributed by atoms with Gasteiger partial charge in [0.1, 0.15) is 30.2 Å². The fourth-order valence-electron chi connectivity index (χ4n) is 6.43.